The molecule has 1 aromatic rings. The maximum absolute atomic E-state index is 11.9. The van der Waals surface area contributed by atoms with Crippen molar-refractivity contribution in [2.45, 2.75) is 6.42 Å². The van der Waals surface area contributed by atoms with Crippen LogP contribution in [0.1, 0.15) is 6.42 Å². The van der Waals surface area contributed by atoms with E-state index in [2.05, 4.69) is 5.32 Å². The SMILES string of the molecule is COc1cc(Cl)c(NC(=O)[C@@H]2C[C@@H]2C(=O)O)cc1OC. The zero-order chi connectivity index (χ0) is 14.9. The molecule has 20 heavy (non-hydrogen) atoms. The van der Waals surface area contributed by atoms with E-state index in [-0.39, 0.29) is 5.91 Å². The van der Waals surface area contributed by atoms with Crippen molar-refractivity contribution in [3.05, 3.63) is 17.2 Å². The molecule has 0 aromatic heterocycles. The first-order valence-corrected chi connectivity index (χ1v) is 6.31. The van der Waals surface area contributed by atoms with Gasteiger partial charge in [0.05, 0.1) is 36.8 Å². The van der Waals surface area contributed by atoms with Gasteiger partial charge in [-0.1, -0.05) is 11.6 Å². The Morgan fingerprint density at radius 1 is 1.25 bits per heavy atom. The smallest absolute Gasteiger partial charge is 0.307 e. The van der Waals surface area contributed by atoms with Crippen LogP contribution in [-0.4, -0.2) is 31.2 Å². The molecule has 0 aliphatic heterocycles. The molecule has 7 heteroatoms. The van der Waals surface area contributed by atoms with E-state index in [1.54, 1.807) is 0 Å². The van der Waals surface area contributed by atoms with Gasteiger partial charge >= 0.3 is 5.97 Å². The molecule has 1 saturated carbocycles. The second-order valence-electron chi connectivity index (χ2n) is 4.46. The van der Waals surface area contributed by atoms with Crippen molar-refractivity contribution in [1.82, 2.24) is 0 Å². The molecule has 0 saturated heterocycles. The highest BCUT2D eigenvalue weighted by Gasteiger charge is 2.48. The lowest BCUT2D eigenvalue weighted by molar-refractivity contribution is -0.139. The number of amides is 1. The Bertz CT molecular complexity index is 560. The largest absolute Gasteiger partial charge is 0.493 e. The highest BCUT2D eigenvalue weighted by atomic mass is 35.5. The molecule has 0 bridgehead atoms. The first-order chi connectivity index (χ1) is 9.47. The number of benzene rings is 1. The molecule has 2 atom stereocenters. The van der Waals surface area contributed by atoms with Gasteiger partial charge in [-0.05, 0) is 6.42 Å². The minimum atomic E-state index is -0.955. The summed E-state index contributed by atoms with van der Waals surface area (Å²) in [7, 11) is 2.95. The van der Waals surface area contributed by atoms with Crippen molar-refractivity contribution < 1.29 is 24.2 Å². The number of carbonyl (C=O) groups is 2. The van der Waals surface area contributed by atoms with Crippen LogP contribution in [0, 0.1) is 11.8 Å². The summed E-state index contributed by atoms with van der Waals surface area (Å²) in [5.74, 6) is -1.54. The number of carboxylic acids is 1. The number of aliphatic carboxylic acids is 1. The number of carboxylic acid groups (broad SMARTS) is 1. The van der Waals surface area contributed by atoms with E-state index in [4.69, 9.17) is 26.2 Å². The van der Waals surface area contributed by atoms with Crippen molar-refractivity contribution in [3.8, 4) is 11.5 Å². The van der Waals surface area contributed by atoms with Gasteiger partial charge in [0.1, 0.15) is 0 Å². The summed E-state index contributed by atoms with van der Waals surface area (Å²) in [6, 6.07) is 3.06. The normalized spacial score (nSPS) is 20.1. The zero-order valence-corrected chi connectivity index (χ0v) is 11.7. The molecule has 0 unspecified atom stereocenters. The van der Waals surface area contributed by atoms with Crippen LogP contribution in [0.15, 0.2) is 12.1 Å². The van der Waals surface area contributed by atoms with E-state index in [0.29, 0.717) is 28.6 Å². The predicted octanol–water partition coefficient (Wildman–Crippen LogP) is 2.02. The minimum Gasteiger partial charge on any atom is -0.493 e. The second kappa shape index (κ2) is 5.58. The number of nitrogens with one attached hydrogen (secondary N) is 1. The summed E-state index contributed by atoms with van der Waals surface area (Å²) in [6.45, 7) is 0. The number of hydrogen-bond acceptors (Lipinski definition) is 4. The van der Waals surface area contributed by atoms with Gasteiger partial charge in [0.15, 0.2) is 11.5 Å². The number of carbonyl (C=O) groups excluding carboxylic acids is 1. The van der Waals surface area contributed by atoms with Gasteiger partial charge < -0.3 is 19.9 Å². The first kappa shape index (κ1) is 14.5. The van der Waals surface area contributed by atoms with Gasteiger partial charge in [-0.15, -0.1) is 0 Å². The molecule has 108 valence electrons. The average molecular weight is 300 g/mol. The van der Waals surface area contributed by atoms with Crippen molar-refractivity contribution >= 4 is 29.2 Å². The molecule has 0 spiro atoms. The van der Waals surface area contributed by atoms with E-state index in [9.17, 15) is 9.59 Å². The highest BCUT2D eigenvalue weighted by Crippen LogP contribution is 2.41. The molecule has 1 fully saturated rings. The maximum Gasteiger partial charge on any atom is 0.307 e. The lowest BCUT2D eigenvalue weighted by Crippen LogP contribution is -2.17. The topological polar surface area (TPSA) is 84.9 Å². The number of hydrogen-bond donors (Lipinski definition) is 2. The van der Waals surface area contributed by atoms with E-state index < -0.39 is 17.8 Å². The third kappa shape index (κ3) is 2.80. The van der Waals surface area contributed by atoms with Crippen molar-refractivity contribution in [2.24, 2.45) is 11.8 Å². The summed E-state index contributed by atoms with van der Waals surface area (Å²) >= 11 is 6.04. The predicted molar refractivity (Wildman–Crippen MR) is 72.4 cm³/mol. The average Bonchev–Trinajstić information content (AvgIpc) is 3.20. The summed E-state index contributed by atoms with van der Waals surface area (Å²) in [4.78, 5) is 22.6. The Balaban J connectivity index is 2.14. The molecule has 0 radical (unpaired) electrons. The molecule has 0 heterocycles. The highest BCUT2D eigenvalue weighted by molar-refractivity contribution is 6.34. The van der Waals surface area contributed by atoms with Crippen LogP contribution in [0.25, 0.3) is 0 Å². The quantitative estimate of drug-likeness (QED) is 0.869. The molecule has 6 nitrogen and oxygen atoms in total. The van der Waals surface area contributed by atoms with Gasteiger partial charge in [0, 0.05) is 12.1 Å². The second-order valence-corrected chi connectivity index (χ2v) is 4.87. The van der Waals surface area contributed by atoms with E-state index in [0.717, 1.165) is 0 Å². The van der Waals surface area contributed by atoms with E-state index >= 15 is 0 Å². The van der Waals surface area contributed by atoms with Crippen LogP contribution in [-0.2, 0) is 9.59 Å². The molecule has 1 aliphatic rings. The Morgan fingerprint density at radius 3 is 2.35 bits per heavy atom. The van der Waals surface area contributed by atoms with Crippen LogP contribution >= 0.6 is 11.6 Å². The van der Waals surface area contributed by atoms with Crippen LogP contribution < -0.4 is 14.8 Å². The summed E-state index contributed by atoms with van der Waals surface area (Å²) in [5.41, 5.74) is 0.366. The lowest BCUT2D eigenvalue weighted by Gasteiger charge is -2.12. The fraction of sp³-hybridized carbons (Fsp3) is 0.385. The van der Waals surface area contributed by atoms with Crippen molar-refractivity contribution in [3.63, 3.8) is 0 Å². The summed E-state index contributed by atoms with van der Waals surface area (Å²) < 4.78 is 10.2. The summed E-state index contributed by atoms with van der Waals surface area (Å²) in [5, 5.41) is 11.7. The Labute approximate surface area is 120 Å². The maximum atomic E-state index is 11.9. The number of halogens is 1. The van der Waals surface area contributed by atoms with E-state index in [1.807, 2.05) is 0 Å². The lowest BCUT2D eigenvalue weighted by atomic mass is 10.2. The van der Waals surface area contributed by atoms with Crippen molar-refractivity contribution in [2.75, 3.05) is 19.5 Å². The van der Waals surface area contributed by atoms with Gasteiger partial charge in [0.25, 0.3) is 0 Å². The third-order valence-electron chi connectivity index (χ3n) is 3.18. The van der Waals surface area contributed by atoms with Crippen LogP contribution in [0.5, 0.6) is 11.5 Å². The number of anilines is 1. The first-order valence-electron chi connectivity index (χ1n) is 5.93. The van der Waals surface area contributed by atoms with E-state index in [1.165, 1.54) is 26.4 Å². The van der Waals surface area contributed by atoms with Gasteiger partial charge in [0.2, 0.25) is 5.91 Å². The Morgan fingerprint density at radius 2 is 1.85 bits per heavy atom. The van der Waals surface area contributed by atoms with Crippen molar-refractivity contribution in [1.29, 1.82) is 0 Å². The summed E-state index contributed by atoms with van der Waals surface area (Å²) in [6.07, 6.45) is 0.353. The van der Waals surface area contributed by atoms with Crippen LogP contribution in [0.3, 0.4) is 0 Å². The third-order valence-corrected chi connectivity index (χ3v) is 3.49. The molecular weight excluding hydrogens is 286 g/mol. The fourth-order valence-electron chi connectivity index (χ4n) is 1.93. The van der Waals surface area contributed by atoms with Gasteiger partial charge in [-0.2, -0.15) is 0 Å². The molecule has 1 aliphatic carbocycles. The monoisotopic (exact) mass is 299 g/mol. The molecule has 1 amide bonds. The molecule has 2 rings (SSSR count). The van der Waals surface area contributed by atoms with Crippen LogP contribution in [0.4, 0.5) is 5.69 Å². The fourth-order valence-corrected chi connectivity index (χ4v) is 2.13. The number of ether oxygens (including phenoxy) is 2. The van der Waals surface area contributed by atoms with Crippen LogP contribution in [0.2, 0.25) is 5.02 Å². The minimum absolute atomic E-state index is 0.295. The van der Waals surface area contributed by atoms with Gasteiger partial charge in [-0.25, -0.2) is 0 Å². The van der Waals surface area contributed by atoms with Gasteiger partial charge in [-0.3, -0.25) is 9.59 Å². The zero-order valence-electron chi connectivity index (χ0n) is 11.0. The Kier molecular flexibility index (Phi) is 4.04. The molecule has 2 N–H and O–H groups in total. The molecule has 1 aromatic carbocycles. The number of rotatable bonds is 5. The number of methoxy groups -OCH3 is 2. The molecular formula is C13H14ClNO5. The standard InChI is InChI=1S/C13H14ClNO5/c1-19-10-4-8(14)9(5-11(10)20-2)15-12(16)6-3-7(6)13(17)18/h4-7H,3H2,1-2H3,(H,15,16)(H,17,18)/t6-,7+/m1/s1. The Hall–Kier alpha value is -1.95.